The van der Waals surface area contributed by atoms with Gasteiger partial charge in [0.05, 0.1) is 6.61 Å². The van der Waals surface area contributed by atoms with Gasteiger partial charge in [0, 0.05) is 0 Å². The van der Waals surface area contributed by atoms with Crippen LogP contribution >= 0.6 is 0 Å². The van der Waals surface area contributed by atoms with Gasteiger partial charge in [0.25, 0.3) is 0 Å². The molecule has 2 N–H and O–H groups in total. The molecule has 0 amide bonds. The minimum Gasteiger partial charge on any atom is -0.464 e. The van der Waals surface area contributed by atoms with Crippen molar-refractivity contribution in [2.45, 2.75) is 24.8 Å². The van der Waals surface area contributed by atoms with Crippen LogP contribution in [0.4, 0.5) is 26.3 Å². The normalized spacial score (nSPS) is 13.9. The lowest BCUT2D eigenvalue weighted by Gasteiger charge is -2.30. The zero-order valence-electron chi connectivity index (χ0n) is 7.37. The fraction of sp³-hybridized carbons (Fsp3) is 0.833. The maximum atomic E-state index is 12.0. The second-order valence-corrected chi connectivity index (χ2v) is 2.52. The smallest absolute Gasteiger partial charge is 0.426 e. The number of hydrogen-bond donors (Lipinski definition) is 1. The number of ether oxygens (including phenoxy) is 1. The van der Waals surface area contributed by atoms with Gasteiger partial charge in [0.15, 0.2) is 0 Å². The number of hydrogen-bond acceptors (Lipinski definition) is 3. The molecule has 0 radical (unpaired) electrons. The van der Waals surface area contributed by atoms with Crippen LogP contribution in [0.2, 0.25) is 0 Å². The average Bonchev–Trinajstić information content (AvgIpc) is 1.99. The minimum absolute atomic E-state index is 0.635. The first-order chi connectivity index (χ1) is 6.48. The van der Waals surface area contributed by atoms with E-state index in [1.807, 2.05) is 0 Å². The predicted octanol–water partition coefficient (Wildman–Crippen LogP) is 1.37. The summed E-state index contributed by atoms with van der Waals surface area (Å²) in [5.74, 6) is -2.56. The number of rotatable bonds is 2. The van der Waals surface area contributed by atoms with Gasteiger partial charge in [-0.15, -0.1) is 0 Å². The largest absolute Gasteiger partial charge is 0.464 e. The Kier molecular flexibility index (Phi) is 3.62. The van der Waals surface area contributed by atoms with Gasteiger partial charge in [-0.2, -0.15) is 26.3 Å². The van der Waals surface area contributed by atoms with Crippen molar-refractivity contribution in [1.29, 1.82) is 0 Å². The Hall–Kier alpha value is -0.990. The van der Waals surface area contributed by atoms with Gasteiger partial charge in [0.1, 0.15) is 0 Å². The van der Waals surface area contributed by atoms with Crippen LogP contribution in [-0.2, 0) is 9.53 Å². The lowest BCUT2D eigenvalue weighted by molar-refractivity contribution is -0.292. The molecule has 0 aromatic heterocycles. The van der Waals surface area contributed by atoms with Gasteiger partial charge in [-0.3, -0.25) is 0 Å². The van der Waals surface area contributed by atoms with Crippen molar-refractivity contribution in [2.75, 3.05) is 6.61 Å². The lowest BCUT2D eigenvalue weighted by Crippen LogP contribution is -2.69. The molecule has 0 unspecified atom stereocenters. The third-order valence-electron chi connectivity index (χ3n) is 1.49. The average molecular weight is 239 g/mol. The number of alkyl halides is 6. The SMILES string of the molecule is CCOC(=O)C(N)(C(F)(F)F)C(F)(F)F. The first-order valence-electron chi connectivity index (χ1n) is 3.58. The Morgan fingerprint density at radius 2 is 1.47 bits per heavy atom. The van der Waals surface area contributed by atoms with E-state index in [4.69, 9.17) is 0 Å². The highest BCUT2D eigenvalue weighted by Crippen LogP contribution is 2.41. The fourth-order valence-electron chi connectivity index (χ4n) is 0.637. The van der Waals surface area contributed by atoms with Gasteiger partial charge in [-0.25, -0.2) is 4.79 Å². The third-order valence-corrected chi connectivity index (χ3v) is 1.49. The van der Waals surface area contributed by atoms with E-state index >= 15 is 0 Å². The van der Waals surface area contributed by atoms with E-state index in [1.54, 1.807) is 0 Å². The number of esters is 1. The van der Waals surface area contributed by atoms with Crippen molar-refractivity contribution < 1.29 is 35.9 Å². The lowest BCUT2D eigenvalue weighted by atomic mass is 10.00. The quantitative estimate of drug-likeness (QED) is 0.584. The summed E-state index contributed by atoms with van der Waals surface area (Å²) in [4.78, 5) is 10.6. The number of carbonyl (C=O) groups excluding carboxylic acids is 1. The van der Waals surface area contributed by atoms with E-state index in [2.05, 4.69) is 10.5 Å². The molecule has 0 saturated carbocycles. The van der Waals surface area contributed by atoms with Crippen LogP contribution in [0.25, 0.3) is 0 Å². The highest BCUT2D eigenvalue weighted by atomic mass is 19.4. The molecule has 0 bridgehead atoms. The summed E-state index contributed by atoms with van der Waals surface area (Å²) < 4.78 is 75.8. The Morgan fingerprint density at radius 1 is 1.13 bits per heavy atom. The molecule has 0 aliphatic carbocycles. The van der Waals surface area contributed by atoms with Crippen LogP contribution in [0.5, 0.6) is 0 Å². The molecule has 0 spiro atoms. The molecule has 0 aliphatic heterocycles. The molecule has 9 heteroatoms. The second-order valence-electron chi connectivity index (χ2n) is 2.52. The second kappa shape index (κ2) is 3.87. The maximum Gasteiger partial charge on any atom is 0.426 e. The first-order valence-corrected chi connectivity index (χ1v) is 3.58. The molecule has 15 heavy (non-hydrogen) atoms. The molecule has 0 fully saturated rings. The summed E-state index contributed by atoms with van der Waals surface area (Å²) in [6.07, 6.45) is -11.9. The van der Waals surface area contributed by atoms with Crippen molar-refractivity contribution in [2.24, 2.45) is 5.73 Å². The Balaban J connectivity index is 5.33. The summed E-state index contributed by atoms with van der Waals surface area (Å²) in [7, 11) is 0. The predicted molar refractivity (Wildman–Crippen MR) is 35.7 cm³/mol. The molecule has 0 aromatic rings. The van der Waals surface area contributed by atoms with Crippen LogP contribution in [0.3, 0.4) is 0 Å². The van der Waals surface area contributed by atoms with Crippen LogP contribution in [0, 0.1) is 0 Å². The standard InChI is InChI=1S/C6H7F6NO2/c1-2-15-3(14)4(13,5(7,8)9)6(10,11)12/h2,13H2,1H3. The minimum atomic E-state index is -5.96. The van der Waals surface area contributed by atoms with E-state index in [9.17, 15) is 31.1 Å². The van der Waals surface area contributed by atoms with Gasteiger partial charge < -0.3 is 10.5 Å². The van der Waals surface area contributed by atoms with Crippen molar-refractivity contribution in [1.82, 2.24) is 0 Å². The summed E-state index contributed by atoms with van der Waals surface area (Å²) in [5, 5.41) is 0. The molecule has 0 atom stereocenters. The molecule has 0 saturated heterocycles. The highest BCUT2D eigenvalue weighted by Gasteiger charge is 2.74. The van der Waals surface area contributed by atoms with Gasteiger partial charge in [0.2, 0.25) is 0 Å². The zero-order valence-corrected chi connectivity index (χ0v) is 7.37. The Morgan fingerprint density at radius 3 is 1.67 bits per heavy atom. The number of halogens is 6. The van der Waals surface area contributed by atoms with Gasteiger partial charge >= 0.3 is 23.9 Å². The van der Waals surface area contributed by atoms with Crippen molar-refractivity contribution in [3.8, 4) is 0 Å². The van der Waals surface area contributed by atoms with Gasteiger partial charge in [-0.05, 0) is 6.92 Å². The van der Waals surface area contributed by atoms with Crippen molar-refractivity contribution in [3.63, 3.8) is 0 Å². The van der Waals surface area contributed by atoms with Gasteiger partial charge in [-0.1, -0.05) is 0 Å². The summed E-state index contributed by atoms with van der Waals surface area (Å²) in [6, 6.07) is 0. The molecule has 0 heterocycles. The topological polar surface area (TPSA) is 52.3 Å². The van der Waals surface area contributed by atoms with E-state index in [-0.39, 0.29) is 0 Å². The molecule has 0 aromatic carbocycles. The molecule has 0 aliphatic rings. The van der Waals surface area contributed by atoms with Crippen LogP contribution in [0.15, 0.2) is 0 Å². The van der Waals surface area contributed by atoms with Crippen molar-refractivity contribution in [3.05, 3.63) is 0 Å². The van der Waals surface area contributed by atoms with Crippen LogP contribution in [0.1, 0.15) is 6.92 Å². The molecular weight excluding hydrogens is 232 g/mol. The molecule has 0 rings (SSSR count). The fourth-order valence-corrected chi connectivity index (χ4v) is 0.637. The maximum absolute atomic E-state index is 12.0. The molecular formula is C6H7F6NO2. The zero-order chi connectivity index (χ0) is 12.5. The number of nitrogens with two attached hydrogens (primary N) is 1. The Labute approximate surface area is 80.2 Å². The Bertz CT molecular complexity index is 231. The monoisotopic (exact) mass is 239 g/mol. The van der Waals surface area contributed by atoms with Crippen molar-refractivity contribution >= 4 is 5.97 Å². The van der Waals surface area contributed by atoms with E-state index in [0.29, 0.717) is 0 Å². The summed E-state index contributed by atoms with van der Waals surface area (Å²) >= 11 is 0. The van der Waals surface area contributed by atoms with E-state index in [0.717, 1.165) is 6.92 Å². The highest BCUT2D eigenvalue weighted by molar-refractivity contribution is 5.83. The molecule has 3 nitrogen and oxygen atoms in total. The summed E-state index contributed by atoms with van der Waals surface area (Å²) in [5.41, 5.74) is -0.919. The summed E-state index contributed by atoms with van der Waals surface area (Å²) in [6.45, 7) is 0.426. The van der Waals surface area contributed by atoms with Crippen LogP contribution < -0.4 is 5.73 Å². The van der Waals surface area contributed by atoms with E-state index < -0.39 is 30.5 Å². The first kappa shape index (κ1) is 14.0. The van der Waals surface area contributed by atoms with E-state index in [1.165, 1.54) is 0 Å². The third kappa shape index (κ3) is 2.33. The molecule has 90 valence electrons. The van der Waals surface area contributed by atoms with Crippen LogP contribution in [-0.4, -0.2) is 30.5 Å². The number of carbonyl (C=O) groups is 1.